The molecular weight excluding hydrogens is 242 g/mol. The minimum absolute atomic E-state index is 0.0218. The van der Waals surface area contributed by atoms with Crippen LogP contribution in [0.25, 0.3) is 0 Å². The van der Waals surface area contributed by atoms with Gasteiger partial charge in [-0.15, -0.1) is 11.8 Å². The number of hydrogen-bond donors (Lipinski definition) is 2. The predicted molar refractivity (Wildman–Crippen MR) is 65.3 cm³/mol. The molecule has 96 valence electrons. The number of likely N-dealkylation sites (tertiary alicyclic amines) is 1. The third kappa shape index (κ3) is 4.01. The summed E-state index contributed by atoms with van der Waals surface area (Å²) in [7, 11) is 0. The molecule has 2 unspecified atom stereocenters. The number of amides is 2. The number of primary amides is 1. The zero-order valence-electron chi connectivity index (χ0n) is 9.50. The number of carbonyl (C=O) groups excluding carboxylic acids is 3. The van der Waals surface area contributed by atoms with Crippen LogP contribution in [-0.2, 0) is 14.4 Å². The zero-order chi connectivity index (χ0) is 12.8. The van der Waals surface area contributed by atoms with Gasteiger partial charge >= 0.3 is 0 Å². The van der Waals surface area contributed by atoms with Crippen molar-refractivity contribution in [2.75, 3.05) is 18.8 Å². The summed E-state index contributed by atoms with van der Waals surface area (Å²) in [6.45, 7) is 1.14. The van der Waals surface area contributed by atoms with E-state index in [9.17, 15) is 14.4 Å². The standard InChI is InChI=1S/C10H17N3O3S/c11-7(9(12)15)6-17-8-2-4-13(10(8)16)3-1-5-14/h5,7-8H,1-4,6,11H2,(H2,12,15). The van der Waals surface area contributed by atoms with Crippen molar-refractivity contribution in [2.45, 2.75) is 24.1 Å². The Labute approximate surface area is 104 Å². The highest BCUT2D eigenvalue weighted by Crippen LogP contribution is 2.24. The van der Waals surface area contributed by atoms with Crippen LogP contribution in [0.15, 0.2) is 0 Å². The van der Waals surface area contributed by atoms with Crippen molar-refractivity contribution in [3.63, 3.8) is 0 Å². The summed E-state index contributed by atoms with van der Waals surface area (Å²) in [6.07, 6.45) is 1.90. The van der Waals surface area contributed by atoms with E-state index in [0.717, 1.165) is 12.7 Å². The highest BCUT2D eigenvalue weighted by molar-refractivity contribution is 8.00. The van der Waals surface area contributed by atoms with E-state index in [1.165, 1.54) is 11.8 Å². The van der Waals surface area contributed by atoms with Crippen molar-refractivity contribution >= 4 is 29.9 Å². The second kappa shape index (κ2) is 6.61. The van der Waals surface area contributed by atoms with E-state index in [1.54, 1.807) is 4.90 Å². The van der Waals surface area contributed by atoms with E-state index in [1.807, 2.05) is 0 Å². The summed E-state index contributed by atoms with van der Waals surface area (Å²) in [4.78, 5) is 34.5. The molecule has 0 radical (unpaired) electrons. The van der Waals surface area contributed by atoms with E-state index in [2.05, 4.69) is 0 Å². The maximum Gasteiger partial charge on any atom is 0.235 e. The highest BCUT2D eigenvalue weighted by Gasteiger charge is 2.31. The molecule has 0 bridgehead atoms. The Morgan fingerprint density at radius 1 is 1.65 bits per heavy atom. The van der Waals surface area contributed by atoms with Crippen LogP contribution in [-0.4, -0.2) is 53.1 Å². The fourth-order valence-corrected chi connectivity index (χ4v) is 2.77. The van der Waals surface area contributed by atoms with Gasteiger partial charge in [0.25, 0.3) is 0 Å². The van der Waals surface area contributed by atoms with Crippen molar-refractivity contribution in [3.05, 3.63) is 0 Å². The Hall–Kier alpha value is -1.08. The van der Waals surface area contributed by atoms with Crippen LogP contribution in [0.1, 0.15) is 12.8 Å². The molecule has 0 saturated carbocycles. The number of hydrogen-bond acceptors (Lipinski definition) is 5. The fraction of sp³-hybridized carbons (Fsp3) is 0.700. The summed E-state index contributed by atoms with van der Waals surface area (Å²) >= 11 is 1.36. The third-order valence-electron chi connectivity index (χ3n) is 2.61. The third-order valence-corrected chi connectivity index (χ3v) is 4.00. The minimum atomic E-state index is -0.711. The Kier molecular flexibility index (Phi) is 5.43. The van der Waals surface area contributed by atoms with Gasteiger partial charge in [0.05, 0.1) is 11.3 Å². The lowest BCUT2D eigenvalue weighted by atomic mass is 10.3. The quantitative estimate of drug-likeness (QED) is 0.554. The molecule has 0 aromatic carbocycles. The molecular formula is C10H17N3O3S. The van der Waals surface area contributed by atoms with Crippen LogP contribution in [0, 0.1) is 0 Å². The average molecular weight is 259 g/mol. The van der Waals surface area contributed by atoms with E-state index >= 15 is 0 Å². The van der Waals surface area contributed by atoms with E-state index in [-0.39, 0.29) is 11.2 Å². The van der Waals surface area contributed by atoms with Crippen molar-refractivity contribution in [3.8, 4) is 0 Å². The van der Waals surface area contributed by atoms with Crippen LogP contribution < -0.4 is 11.5 Å². The van der Waals surface area contributed by atoms with Gasteiger partial charge in [-0.3, -0.25) is 9.59 Å². The van der Waals surface area contributed by atoms with Crippen molar-refractivity contribution < 1.29 is 14.4 Å². The van der Waals surface area contributed by atoms with Gasteiger partial charge in [-0.05, 0) is 6.42 Å². The average Bonchev–Trinajstić information content (AvgIpc) is 2.64. The lowest BCUT2D eigenvalue weighted by Gasteiger charge is -2.15. The molecule has 1 aliphatic heterocycles. The SMILES string of the molecule is NC(=O)C(N)CSC1CCN(CCC=O)C1=O. The molecule has 0 aromatic rings. The molecule has 2 atom stereocenters. The van der Waals surface area contributed by atoms with Crippen molar-refractivity contribution in [1.82, 2.24) is 4.90 Å². The summed E-state index contributed by atoms with van der Waals surface area (Å²) in [5.41, 5.74) is 10.5. The van der Waals surface area contributed by atoms with Crippen molar-refractivity contribution in [2.24, 2.45) is 11.5 Å². The van der Waals surface area contributed by atoms with Crippen LogP contribution >= 0.6 is 11.8 Å². The molecule has 1 heterocycles. The zero-order valence-corrected chi connectivity index (χ0v) is 10.3. The molecule has 0 aliphatic carbocycles. The predicted octanol–water partition coefficient (Wildman–Crippen LogP) is -1.28. The maximum absolute atomic E-state index is 11.8. The molecule has 0 spiro atoms. The van der Waals surface area contributed by atoms with Crippen LogP contribution in [0.5, 0.6) is 0 Å². The number of rotatable bonds is 7. The number of nitrogens with zero attached hydrogens (tertiary/aromatic N) is 1. The van der Waals surface area contributed by atoms with Crippen molar-refractivity contribution in [1.29, 1.82) is 0 Å². The van der Waals surface area contributed by atoms with E-state index < -0.39 is 11.9 Å². The van der Waals surface area contributed by atoms with Gasteiger partial charge in [-0.2, -0.15) is 0 Å². The van der Waals surface area contributed by atoms with Gasteiger partial charge in [0.1, 0.15) is 6.29 Å². The Bertz CT molecular complexity index is 311. The first kappa shape index (κ1) is 14.0. The molecule has 1 aliphatic rings. The Morgan fingerprint density at radius 3 is 2.94 bits per heavy atom. The number of nitrogens with two attached hydrogens (primary N) is 2. The number of aldehydes is 1. The summed E-state index contributed by atoms with van der Waals surface area (Å²) in [5.74, 6) is -0.179. The van der Waals surface area contributed by atoms with Gasteiger partial charge in [0, 0.05) is 25.3 Å². The smallest absolute Gasteiger partial charge is 0.235 e. The van der Waals surface area contributed by atoms with Gasteiger partial charge in [0.2, 0.25) is 11.8 Å². The molecule has 2 amide bonds. The normalized spacial score (nSPS) is 21.6. The van der Waals surface area contributed by atoms with Crippen LogP contribution in [0.2, 0.25) is 0 Å². The second-order valence-corrected chi connectivity index (χ2v) is 5.14. The Morgan fingerprint density at radius 2 is 2.35 bits per heavy atom. The summed E-state index contributed by atoms with van der Waals surface area (Å²) < 4.78 is 0. The minimum Gasteiger partial charge on any atom is -0.368 e. The highest BCUT2D eigenvalue weighted by atomic mass is 32.2. The van der Waals surface area contributed by atoms with E-state index in [0.29, 0.717) is 25.3 Å². The second-order valence-electron chi connectivity index (χ2n) is 3.90. The number of thioether (sulfide) groups is 1. The largest absolute Gasteiger partial charge is 0.368 e. The van der Waals surface area contributed by atoms with Gasteiger partial charge in [-0.25, -0.2) is 0 Å². The molecule has 17 heavy (non-hydrogen) atoms. The topological polar surface area (TPSA) is 106 Å². The lowest BCUT2D eigenvalue weighted by molar-refractivity contribution is -0.127. The Balaban J connectivity index is 2.34. The van der Waals surface area contributed by atoms with E-state index in [4.69, 9.17) is 11.5 Å². The first-order valence-electron chi connectivity index (χ1n) is 5.45. The van der Waals surface area contributed by atoms with Crippen LogP contribution in [0.3, 0.4) is 0 Å². The monoisotopic (exact) mass is 259 g/mol. The number of carbonyl (C=O) groups is 3. The molecule has 4 N–H and O–H groups in total. The van der Waals surface area contributed by atoms with Gasteiger partial charge in [-0.1, -0.05) is 0 Å². The molecule has 1 fully saturated rings. The molecule has 1 saturated heterocycles. The fourth-order valence-electron chi connectivity index (χ4n) is 1.60. The molecule has 1 rings (SSSR count). The summed E-state index contributed by atoms with van der Waals surface area (Å²) in [6, 6.07) is -0.711. The molecule has 7 heteroatoms. The lowest BCUT2D eigenvalue weighted by Crippen LogP contribution is -2.39. The first-order chi connectivity index (χ1) is 8.06. The maximum atomic E-state index is 11.8. The van der Waals surface area contributed by atoms with Gasteiger partial charge < -0.3 is 21.2 Å². The summed E-state index contributed by atoms with van der Waals surface area (Å²) in [5, 5.41) is -0.160. The molecule has 0 aromatic heterocycles. The van der Waals surface area contributed by atoms with Crippen LogP contribution in [0.4, 0.5) is 0 Å². The van der Waals surface area contributed by atoms with Gasteiger partial charge in [0.15, 0.2) is 0 Å². The molecule has 6 nitrogen and oxygen atoms in total. The first-order valence-corrected chi connectivity index (χ1v) is 6.50.